The van der Waals surface area contributed by atoms with Crippen molar-refractivity contribution >= 4 is 16.3 Å². The highest BCUT2D eigenvalue weighted by molar-refractivity contribution is 7.17. The van der Waals surface area contributed by atoms with Gasteiger partial charge in [-0.2, -0.15) is 4.52 Å². The van der Waals surface area contributed by atoms with Gasteiger partial charge in [0.25, 0.3) is 0 Å². The van der Waals surface area contributed by atoms with Crippen molar-refractivity contribution in [3.63, 3.8) is 0 Å². The highest BCUT2D eigenvalue weighted by Crippen LogP contribution is 2.42. The minimum absolute atomic E-state index is 0.0984. The van der Waals surface area contributed by atoms with E-state index in [0.717, 1.165) is 40.9 Å². The zero-order valence-corrected chi connectivity index (χ0v) is 15.7. The Morgan fingerprint density at radius 2 is 2.12 bits per heavy atom. The van der Waals surface area contributed by atoms with Crippen LogP contribution in [0.4, 0.5) is 0 Å². The minimum Gasteiger partial charge on any atom is -0.492 e. The number of rotatable bonds is 4. The molecule has 0 amide bonds. The van der Waals surface area contributed by atoms with Crippen LogP contribution in [0.25, 0.3) is 4.96 Å². The fourth-order valence-corrected chi connectivity index (χ4v) is 5.08. The van der Waals surface area contributed by atoms with E-state index in [9.17, 15) is 5.11 Å². The van der Waals surface area contributed by atoms with E-state index in [0.29, 0.717) is 11.8 Å². The summed E-state index contributed by atoms with van der Waals surface area (Å²) < 4.78 is 7.31. The number of hydrogen-bond acceptors (Lipinski definition) is 6. The summed E-state index contributed by atoms with van der Waals surface area (Å²) in [6.45, 7) is 8.57. The largest absolute Gasteiger partial charge is 0.492 e. The Morgan fingerprint density at radius 3 is 2.72 bits per heavy atom. The minimum atomic E-state index is -0.0984. The quantitative estimate of drug-likeness (QED) is 0.768. The molecule has 0 unspecified atom stereocenters. The van der Waals surface area contributed by atoms with Crippen LogP contribution >= 0.6 is 11.3 Å². The van der Waals surface area contributed by atoms with Gasteiger partial charge in [0, 0.05) is 19.5 Å². The summed E-state index contributed by atoms with van der Waals surface area (Å²) in [5, 5.41) is 15.2. The molecule has 3 aromatic rings. The van der Waals surface area contributed by atoms with Crippen molar-refractivity contribution in [3.8, 4) is 5.88 Å². The predicted octanol–water partition coefficient (Wildman–Crippen LogP) is 3.72. The third-order valence-electron chi connectivity index (χ3n) is 4.88. The molecular formula is C18H24N4O2S. The van der Waals surface area contributed by atoms with Gasteiger partial charge in [-0.3, -0.25) is 4.90 Å². The van der Waals surface area contributed by atoms with Crippen LogP contribution in [0.15, 0.2) is 22.8 Å². The molecule has 134 valence electrons. The molecule has 1 aliphatic heterocycles. The molecule has 4 heterocycles. The zero-order chi connectivity index (χ0) is 17.6. The summed E-state index contributed by atoms with van der Waals surface area (Å²) >= 11 is 1.50. The van der Waals surface area contributed by atoms with Gasteiger partial charge in [-0.15, -0.1) is 5.10 Å². The van der Waals surface area contributed by atoms with Crippen LogP contribution in [0, 0.1) is 11.8 Å². The van der Waals surface area contributed by atoms with Crippen LogP contribution < -0.4 is 0 Å². The molecule has 1 saturated heterocycles. The number of thiazole rings is 1. The Hall–Kier alpha value is -1.86. The molecule has 0 radical (unpaired) electrons. The first-order valence-corrected chi connectivity index (χ1v) is 9.73. The maximum Gasteiger partial charge on any atom is 0.230 e. The van der Waals surface area contributed by atoms with Gasteiger partial charge in [0.2, 0.25) is 10.8 Å². The Bertz CT molecular complexity index is 844. The van der Waals surface area contributed by atoms with E-state index in [2.05, 4.69) is 28.8 Å². The molecule has 7 heteroatoms. The molecule has 1 aliphatic rings. The number of aryl methyl sites for hydroxylation is 1. The molecule has 0 aliphatic carbocycles. The van der Waals surface area contributed by atoms with Crippen LogP contribution in [0.5, 0.6) is 5.88 Å². The molecule has 0 saturated carbocycles. The van der Waals surface area contributed by atoms with Crippen molar-refractivity contribution < 1.29 is 9.52 Å². The second-order valence-corrected chi connectivity index (χ2v) is 8.19. The van der Waals surface area contributed by atoms with E-state index in [1.54, 1.807) is 10.8 Å². The van der Waals surface area contributed by atoms with Gasteiger partial charge in [-0.05, 0) is 30.4 Å². The third kappa shape index (κ3) is 2.95. The van der Waals surface area contributed by atoms with E-state index < -0.39 is 0 Å². The number of piperidine rings is 1. The van der Waals surface area contributed by atoms with Crippen LogP contribution in [-0.2, 0) is 6.42 Å². The Balaban J connectivity index is 1.78. The highest BCUT2D eigenvalue weighted by atomic mass is 32.1. The molecule has 3 aromatic heterocycles. The van der Waals surface area contributed by atoms with E-state index in [1.807, 2.05) is 19.1 Å². The predicted molar refractivity (Wildman–Crippen MR) is 97.0 cm³/mol. The number of nitrogens with zero attached hydrogens (tertiary/aromatic N) is 4. The van der Waals surface area contributed by atoms with Crippen molar-refractivity contribution in [2.45, 2.75) is 39.7 Å². The lowest BCUT2D eigenvalue weighted by atomic mass is 9.90. The summed E-state index contributed by atoms with van der Waals surface area (Å²) in [5.74, 6) is 3.04. The summed E-state index contributed by atoms with van der Waals surface area (Å²) in [6, 6.07) is 3.79. The van der Waals surface area contributed by atoms with E-state index in [4.69, 9.17) is 4.42 Å². The van der Waals surface area contributed by atoms with Crippen LogP contribution in [-0.4, -0.2) is 37.7 Å². The van der Waals surface area contributed by atoms with Crippen molar-refractivity contribution in [1.82, 2.24) is 19.5 Å². The summed E-state index contributed by atoms with van der Waals surface area (Å²) in [4.78, 5) is 8.52. The van der Waals surface area contributed by atoms with Crippen LogP contribution in [0.1, 0.15) is 49.7 Å². The summed E-state index contributed by atoms with van der Waals surface area (Å²) in [5.41, 5.74) is 0. The van der Waals surface area contributed by atoms with Crippen molar-refractivity contribution in [1.29, 1.82) is 0 Å². The van der Waals surface area contributed by atoms with Gasteiger partial charge < -0.3 is 9.52 Å². The number of aromatic nitrogens is 3. The van der Waals surface area contributed by atoms with E-state index in [1.165, 1.54) is 17.8 Å². The molecule has 0 aromatic carbocycles. The lowest BCUT2D eigenvalue weighted by Crippen LogP contribution is -2.41. The van der Waals surface area contributed by atoms with Gasteiger partial charge in [0.1, 0.15) is 11.8 Å². The van der Waals surface area contributed by atoms with Gasteiger partial charge in [0.15, 0.2) is 5.82 Å². The molecule has 0 spiro atoms. The van der Waals surface area contributed by atoms with Crippen LogP contribution in [0.3, 0.4) is 0 Å². The number of hydrogen-bond donors (Lipinski definition) is 1. The summed E-state index contributed by atoms with van der Waals surface area (Å²) in [7, 11) is 0. The third-order valence-corrected chi connectivity index (χ3v) is 5.96. The summed E-state index contributed by atoms with van der Waals surface area (Å²) in [6.07, 6.45) is 3.69. The molecule has 1 N–H and O–H groups in total. The zero-order valence-electron chi connectivity index (χ0n) is 14.8. The first-order chi connectivity index (χ1) is 12.1. The molecule has 0 bridgehead atoms. The Morgan fingerprint density at radius 1 is 1.36 bits per heavy atom. The second-order valence-electron chi connectivity index (χ2n) is 7.18. The highest BCUT2D eigenvalue weighted by Gasteiger charge is 2.35. The average Bonchev–Trinajstić information content (AvgIpc) is 3.27. The first-order valence-electron chi connectivity index (χ1n) is 8.91. The van der Waals surface area contributed by atoms with Gasteiger partial charge >= 0.3 is 0 Å². The molecule has 3 atom stereocenters. The maximum atomic E-state index is 10.8. The Kier molecular flexibility index (Phi) is 4.29. The topological polar surface area (TPSA) is 66.8 Å². The standard InChI is InChI=1S/C18H24N4O2S/c1-4-14-19-18-22(20-14)17(23)16(25-18)15(13-6-5-7-24-13)21-9-11(2)8-12(3)10-21/h5-7,11-12,15,23H,4,8-10H2,1-3H3/t11-,12+,15-/m0/s1. The number of aromatic hydroxyl groups is 1. The van der Waals surface area contributed by atoms with Gasteiger partial charge in [-0.1, -0.05) is 32.1 Å². The fraction of sp³-hybridized carbons (Fsp3) is 0.556. The van der Waals surface area contributed by atoms with Gasteiger partial charge in [0.05, 0.1) is 11.1 Å². The van der Waals surface area contributed by atoms with Crippen molar-refractivity contribution in [2.24, 2.45) is 11.8 Å². The van der Waals surface area contributed by atoms with E-state index in [-0.39, 0.29) is 11.9 Å². The Labute approximate surface area is 151 Å². The molecule has 4 rings (SSSR count). The second kappa shape index (κ2) is 6.46. The number of fused-ring (bicyclic) bond motifs is 1. The van der Waals surface area contributed by atoms with Crippen LogP contribution in [0.2, 0.25) is 0 Å². The SMILES string of the molecule is CCc1nc2sc([C@H](c3ccco3)N3C[C@H](C)C[C@H](C)C3)c(O)n2n1. The number of likely N-dealkylation sites (tertiary alicyclic amines) is 1. The van der Waals surface area contributed by atoms with Gasteiger partial charge in [-0.25, -0.2) is 4.98 Å². The molecular weight excluding hydrogens is 336 g/mol. The molecule has 1 fully saturated rings. The lowest BCUT2D eigenvalue weighted by molar-refractivity contribution is 0.102. The smallest absolute Gasteiger partial charge is 0.230 e. The molecule has 6 nitrogen and oxygen atoms in total. The van der Waals surface area contributed by atoms with E-state index >= 15 is 0 Å². The lowest BCUT2D eigenvalue weighted by Gasteiger charge is -2.38. The van der Waals surface area contributed by atoms with Crippen molar-refractivity contribution in [3.05, 3.63) is 34.9 Å². The number of furan rings is 1. The maximum absolute atomic E-state index is 10.8. The normalized spacial score (nSPS) is 23.3. The average molecular weight is 360 g/mol. The molecule has 25 heavy (non-hydrogen) atoms. The first kappa shape index (κ1) is 16.6. The fourth-order valence-electron chi connectivity index (χ4n) is 3.96. The van der Waals surface area contributed by atoms with Crippen molar-refractivity contribution in [2.75, 3.05) is 13.1 Å². The monoisotopic (exact) mass is 360 g/mol.